The van der Waals surface area contributed by atoms with Crippen molar-refractivity contribution in [3.8, 4) is 11.8 Å². The summed E-state index contributed by atoms with van der Waals surface area (Å²) in [7, 11) is 0. The maximum Gasteiger partial charge on any atom is 0.142 e. The molecule has 0 N–H and O–H groups in total. The van der Waals surface area contributed by atoms with E-state index in [0.717, 1.165) is 43.1 Å². The Morgan fingerprint density at radius 3 is 1.97 bits per heavy atom. The standard InChI is InChI=1S/C27H38F2/c1-3-5-7-21-8-10-22(11-9-21)14-17-25-26(28)18-24(19-27(25)29)23-15-12-20(6-4-2)13-16-23/h18-23H,3-13,15-16H2,1-2H3/t20-,21-,22-,23-. The second kappa shape index (κ2) is 11.1. The lowest BCUT2D eigenvalue weighted by Gasteiger charge is -2.28. The lowest BCUT2D eigenvalue weighted by Crippen LogP contribution is -2.14. The van der Waals surface area contributed by atoms with Crippen molar-refractivity contribution in [3.05, 3.63) is 34.9 Å². The van der Waals surface area contributed by atoms with Crippen molar-refractivity contribution < 1.29 is 8.78 Å². The molecule has 0 amide bonds. The fraction of sp³-hybridized carbons (Fsp3) is 0.704. The minimum atomic E-state index is -0.472. The van der Waals surface area contributed by atoms with Gasteiger partial charge in [0.25, 0.3) is 0 Å². The highest BCUT2D eigenvalue weighted by atomic mass is 19.1. The van der Waals surface area contributed by atoms with Crippen molar-refractivity contribution in [2.24, 2.45) is 17.8 Å². The first-order valence-electron chi connectivity index (χ1n) is 12.1. The monoisotopic (exact) mass is 400 g/mol. The third kappa shape index (κ3) is 6.31. The number of benzene rings is 1. The van der Waals surface area contributed by atoms with Gasteiger partial charge in [0.2, 0.25) is 0 Å². The van der Waals surface area contributed by atoms with Crippen molar-refractivity contribution in [1.82, 2.24) is 0 Å². The molecule has 0 saturated heterocycles. The van der Waals surface area contributed by atoms with Gasteiger partial charge in [-0.3, -0.25) is 0 Å². The molecule has 2 aliphatic carbocycles. The highest BCUT2D eigenvalue weighted by molar-refractivity contribution is 5.40. The van der Waals surface area contributed by atoms with Crippen LogP contribution in [-0.2, 0) is 0 Å². The Kier molecular flexibility index (Phi) is 8.58. The third-order valence-electron chi connectivity index (χ3n) is 7.29. The van der Waals surface area contributed by atoms with E-state index in [1.807, 2.05) is 0 Å². The number of hydrogen-bond donors (Lipinski definition) is 0. The van der Waals surface area contributed by atoms with Gasteiger partial charge >= 0.3 is 0 Å². The maximum absolute atomic E-state index is 14.7. The fourth-order valence-corrected chi connectivity index (χ4v) is 5.40. The number of hydrogen-bond acceptors (Lipinski definition) is 0. The summed E-state index contributed by atoms with van der Waals surface area (Å²) in [5.74, 6) is 7.32. The Morgan fingerprint density at radius 2 is 1.38 bits per heavy atom. The molecule has 3 rings (SSSR count). The molecule has 0 radical (unpaired) electrons. The minimum Gasteiger partial charge on any atom is -0.206 e. The first-order chi connectivity index (χ1) is 14.1. The molecule has 2 fully saturated rings. The molecule has 0 nitrogen and oxygen atoms in total. The number of rotatable bonds is 6. The zero-order chi connectivity index (χ0) is 20.6. The molecule has 0 bridgehead atoms. The normalized spacial score (nSPS) is 27.3. The minimum absolute atomic E-state index is 0.0264. The summed E-state index contributed by atoms with van der Waals surface area (Å²) in [6.07, 6.45) is 15.4. The van der Waals surface area contributed by atoms with Crippen LogP contribution in [0.15, 0.2) is 12.1 Å². The molecular weight excluding hydrogens is 362 g/mol. The van der Waals surface area contributed by atoms with Gasteiger partial charge in [-0.15, -0.1) is 0 Å². The van der Waals surface area contributed by atoms with Gasteiger partial charge in [-0.25, -0.2) is 8.78 Å². The molecule has 0 spiro atoms. The largest absolute Gasteiger partial charge is 0.206 e. The molecule has 0 aromatic heterocycles. The van der Waals surface area contributed by atoms with Crippen LogP contribution in [0.1, 0.15) is 114 Å². The summed E-state index contributed by atoms with van der Waals surface area (Å²) in [6.45, 7) is 4.47. The molecule has 1 aromatic rings. The molecule has 0 unspecified atom stereocenters. The topological polar surface area (TPSA) is 0 Å². The van der Waals surface area contributed by atoms with E-state index < -0.39 is 11.6 Å². The lowest BCUT2D eigenvalue weighted by atomic mass is 9.77. The summed E-state index contributed by atoms with van der Waals surface area (Å²) in [5.41, 5.74) is 0.804. The quantitative estimate of drug-likeness (QED) is 0.421. The zero-order valence-corrected chi connectivity index (χ0v) is 18.4. The molecule has 0 aliphatic heterocycles. The first kappa shape index (κ1) is 22.3. The summed E-state index contributed by atoms with van der Waals surface area (Å²) in [6, 6.07) is 3.11. The van der Waals surface area contributed by atoms with E-state index in [1.165, 1.54) is 57.8 Å². The summed E-state index contributed by atoms with van der Waals surface area (Å²) >= 11 is 0. The fourth-order valence-electron chi connectivity index (χ4n) is 5.40. The van der Waals surface area contributed by atoms with E-state index in [0.29, 0.717) is 11.8 Å². The van der Waals surface area contributed by atoms with Gasteiger partial charge in [0, 0.05) is 5.92 Å². The van der Waals surface area contributed by atoms with E-state index in [2.05, 4.69) is 25.7 Å². The third-order valence-corrected chi connectivity index (χ3v) is 7.29. The summed E-state index contributed by atoms with van der Waals surface area (Å²) in [5, 5.41) is 0. The molecule has 1 aromatic carbocycles. The van der Waals surface area contributed by atoms with Crippen molar-refractivity contribution in [3.63, 3.8) is 0 Å². The van der Waals surface area contributed by atoms with Crippen LogP contribution in [0.2, 0.25) is 0 Å². The molecule has 2 saturated carbocycles. The predicted molar refractivity (Wildman–Crippen MR) is 118 cm³/mol. The Balaban J connectivity index is 1.59. The average molecular weight is 401 g/mol. The molecule has 2 heteroatoms. The molecule has 2 aliphatic rings. The highest BCUT2D eigenvalue weighted by Gasteiger charge is 2.24. The van der Waals surface area contributed by atoms with Gasteiger partial charge in [-0.1, -0.05) is 57.8 Å². The molecule has 160 valence electrons. The zero-order valence-electron chi connectivity index (χ0n) is 18.4. The van der Waals surface area contributed by atoms with Crippen LogP contribution >= 0.6 is 0 Å². The molecular formula is C27H38F2. The van der Waals surface area contributed by atoms with Crippen LogP contribution < -0.4 is 0 Å². The van der Waals surface area contributed by atoms with Crippen LogP contribution in [0.25, 0.3) is 0 Å². The summed E-state index contributed by atoms with van der Waals surface area (Å²) < 4.78 is 29.4. The number of unbranched alkanes of at least 4 members (excludes halogenated alkanes) is 1. The van der Waals surface area contributed by atoms with E-state index >= 15 is 0 Å². The van der Waals surface area contributed by atoms with Gasteiger partial charge in [0.05, 0.1) is 5.56 Å². The number of halogens is 2. The van der Waals surface area contributed by atoms with Crippen molar-refractivity contribution in [1.29, 1.82) is 0 Å². The smallest absolute Gasteiger partial charge is 0.142 e. The maximum atomic E-state index is 14.7. The van der Waals surface area contributed by atoms with Crippen LogP contribution in [0, 0.1) is 41.2 Å². The second-order valence-electron chi connectivity index (χ2n) is 9.50. The van der Waals surface area contributed by atoms with E-state index in [-0.39, 0.29) is 5.56 Å². The van der Waals surface area contributed by atoms with Crippen LogP contribution in [0.5, 0.6) is 0 Å². The van der Waals surface area contributed by atoms with Gasteiger partial charge in [-0.05, 0) is 86.8 Å². The SMILES string of the molecule is CCCC[C@H]1CC[C@H](C#Cc2c(F)cc([C@H]3CC[C@H](CCC)CC3)cc2F)CC1. The van der Waals surface area contributed by atoms with Gasteiger partial charge in [-0.2, -0.15) is 0 Å². The Hall–Kier alpha value is -1.36. The van der Waals surface area contributed by atoms with Crippen molar-refractivity contribution in [2.75, 3.05) is 0 Å². The van der Waals surface area contributed by atoms with Crippen molar-refractivity contribution >= 4 is 0 Å². The first-order valence-corrected chi connectivity index (χ1v) is 12.1. The van der Waals surface area contributed by atoms with Crippen LogP contribution in [0.3, 0.4) is 0 Å². The Labute approximate surface area is 176 Å². The van der Waals surface area contributed by atoms with Crippen molar-refractivity contribution in [2.45, 2.75) is 103 Å². The van der Waals surface area contributed by atoms with E-state index in [4.69, 9.17) is 0 Å². The second-order valence-corrected chi connectivity index (χ2v) is 9.50. The molecule has 29 heavy (non-hydrogen) atoms. The average Bonchev–Trinajstić information content (AvgIpc) is 2.73. The Morgan fingerprint density at radius 1 is 0.793 bits per heavy atom. The van der Waals surface area contributed by atoms with Gasteiger partial charge in [0.15, 0.2) is 0 Å². The summed E-state index contributed by atoms with van der Waals surface area (Å²) in [4.78, 5) is 0. The Bertz CT molecular complexity index is 672. The lowest BCUT2D eigenvalue weighted by molar-refractivity contribution is 0.296. The van der Waals surface area contributed by atoms with E-state index in [9.17, 15) is 8.78 Å². The van der Waals surface area contributed by atoms with E-state index in [1.54, 1.807) is 12.1 Å². The van der Waals surface area contributed by atoms with Gasteiger partial charge < -0.3 is 0 Å². The highest BCUT2D eigenvalue weighted by Crippen LogP contribution is 2.38. The van der Waals surface area contributed by atoms with Gasteiger partial charge in [0.1, 0.15) is 11.6 Å². The van der Waals surface area contributed by atoms with Crippen LogP contribution in [-0.4, -0.2) is 0 Å². The molecule has 0 atom stereocenters. The van der Waals surface area contributed by atoms with Crippen LogP contribution in [0.4, 0.5) is 8.78 Å². The molecule has 0 heterocycles. The predicted octanol–water partition coefficient (Wildman–Crippen LogP) is 8.39.